The predicted octanol–water partition coefficient (Wildman–Crippen LogP) is 1.54. The number of hydrogen-bond acceptors (Lipinski definition) is 4. The topological polar surface area (TPSA) is 102 Å². The highest BCUT2D eigenvalue weighted by molar-refractivity contribution is 6.34. The molecule has 0 spiro atoms. The van der Waals surface area contributed by atoms with Crippen molar-refractivity contribution in [2.24, 2.45) is 0 Å². The molecule has 1 aliphatic carbocycles. The van der Waals surface area contributed by atoms with E-state index in [1.807, 2.05) is 11.8 Å². The van der Waals surface area contributed by atoms with Gasteiger partial charge >= 0.3 is 12.0 Å². The molecule has 8 nitrogen and oxygen atoms in total. The van der Waals surface area contributed by atoms with Gasteiger partial charge < -0.3 is 15.7 Å². The van der Waals surface area contributed by atoms with Crippen molar-refractivity contribution in [2.75, 3.05) is 31.1 Å². The van der Waals surface area contributed by atoms with E-state index in [0.29, 0.717) is 35.9 Å². The molecule has 1 aliphatic heterocycles. The van der Waals surface area contributed by atoms with E-state index in [0.717, 1.165) is 12.8 Å². The number of carbonyl (C=O) groups excluding carboxylic acids is 2. The predicted molar refractivity (Wildman–Crippen MR) is 101 cm³/mol. The molecule has 3 rings (SSSR count). The van der Waals surface area contributed by atoms with Crippen molar-refractivity contribution in [1.29, 1.82) is 0 Å². The van der Waals surface area contributed by atoms with Gasteiger partial charge in [-0.15, -0.1) is 0 Å². The SMILES string of the molecule is CCN(CC(=O)O)C1CC(NC(=O)c2ccc(Cl)c(N3CCNC3=O)c2)C1. The Morgan fingerprint density at radius 1 is 1.41 bits per heavy atom. The summed E-state index contributed by atoms with van der Waals surface area (Å²) in [6.45, 7) is 3.65. The van der Waals surface area contributed by atoms with Crippen LogP contribution in [0.1, 0.15) is 30.1 Å². The van der Waals surface area contributed by atoms with E-state index in [-0.39, 0.29) is 30.6 Å². The lowest BCUT2D eigenvalue weighted by molar-refractivity contribution is -0.139. The van der Waals surface area contributed by atoms with Gasteiger partial charge in [0.1, 0.15) is 0 Å². The van der Waals surface area contributed by atoms with Crippen molar-refractivity contribution in [3.8, 4) is 0 Å². The van der Waals surface area contributed by atoms with Crippen LogP contribution < -0.4 is 15.5 Å². The summed E-state index contributed by atoms with van der Waals surface area (Å²) in [5.74, 6) is -1.07. The number of amides is 3. The molecule has 0 unspecified atom stereocenters. The molecule has 1 aromatic carbocycles. The first-order valence-electron chi connectivity index (χ1n) is 9.00. The molecule has 0 bridgehead atoms. The van der Waals surface area contributed by atoms with E-state index in [2.05, 4.69) is 10.6 Å². The number of nitrogens with one attached hydrogen (secondary N) is 2. The Kier molecular flexibility index (Phi) is 5.86. The molecule has 1 aromatic rings. The first-order valence-corrected chi connectivity index (χ1v) is 9.38. The fourth-order valence-corrected chi connectivity index (χ4v) is 3.73. The zero-order valence-electron chi connectivity index (χ0n) is 15.1. The van der Waals surface area contributed by atoms with Gasteiger partial charge in [-0.05, 0) is 37.6 Å². The quantitative estimate of drug-likeness (QED) is 0.651. The maximum Gasteiger partial charge on any atom is 0.322 e. The summed E-state index contributed by atoms with van der Waals surface area (Å²) >= 11 is 6.20. The van der Waals surface area contributed by atoms with Crippen LogP contribution in [0.5, 0.6) is 0 Å². The second-order valence-corrected chi connectivity index (χ2v) is 7.21. The molecule has 2 fully saturated rings. The van der Waals surface area contributed by atoms with Gasteiger partial charge in [0.2, 0.25) is 0 Å². The van der Waals surface area contributed by atoms with Crippen molar-refractivity contribution in [2.45, 2.75) is 31.8 Å². The minimum atomic E-state index is -0.844. The largest absolute Gasteiger partial charge is 0.480 e. The Morgan fingerprint density at radius 3 is 2.74 bits per heavy atom. The number of benzene rings is 1. The maximum atomic E-state index is 12.6. The van der Waals surface area contributed by atoms with Crippen LogP contribution in [0.25, 0.3) is 0 Å². The Balaban J connectivity index is 1.59. The second kappa shape index (κ2) is 8.14. The number of carbonyl (C=O) groups is 3. The summed E-state index contributed by atoms with van der Waals surface area (Å²) in [7, 11) is 0. The Labute approximate surface area is 162 Å². The zero-order chi connectivity index (χ0) is 19.6. The third-order valence-corrected chi connectivity index (χ3v) is 5.38. The molecule has 27 heavy (non-hydrogen) atoms. The minimum absolute atomic E-state index is 0.0135. The molecule has 0 atom stereocenters. The first kappa shape index (κ1) is 19.4. The van der Waals surface area contributed by atoms with Crippen molar-refractivity contribution in [1.82, 2.24) is 15.5 Å². The van der Waals surface area contributed by atoms with E-state index in [4.69, 9.17) is 16.7 Å². The van der Waals surface area contributed by atoms with Crippen LogP contribution in [0.4, 0.5) is 10.5 Å². The lowest BCUT2D eigenvalue weighted by Gasteiger charge is -2.42. The van der Waals surface area contributed by atoms with Crippen LogP contribution >= 0.6 is 11.6 Å². The van der Waals surface area contributed by atoms with Gasteiger partial charge in [-0.2, -0.15) is 0 Å². The second-order valence-electron chi connectivity index (χ2n) is 6.80. The number of rotatable bonds is 7. The highest BCUT2D eigenvalue weighted by Gasteiger charge is 2.35. The molecule has 1 saturated carbocycles. The van der Waals surface area contributed by atoms with Gasteiger partial charge in [0.05, 0.1) is 17.3 Å². The van der Waals surface area contributed by atoms with Crippen LogP contribution in [0, 0.1) is 0 Å². The molecule has 2 aliphatic rings. The lowest BCUT2D eigenvalue weighted by atomic mass is 9.85. The molecule has 0 aromatic heterocycles. The van der Waals surface area contributed by atoms with E-state index in [1.165, 1.54) is 4.90 Å². The summed E-state index contributed by atoms with van der Waals surface area (Å²) in [5, 5.41) is 15.0. The number of urea groups is 1. The van der Waals surface area contributed by atoms with Crippen molar-refractivity contribution >= 4 is 35.2 Å². The van der Waals surface area contributed by atoms with Crippen molar-refractivity contribution in [3.05, 3.63) is 28.8 Å². The average molecular weight is 395 g/mol. The third kappa shape index (κ3) is 4.33. The summed E-state index contributed by atoms with van der Waals surface area (Å²) in [6, 6.07) is 4.83. The van der Waals surface area contributed by atoms with Gasteiger partial charge in [0, 0.05) is 30.7 Å². The molecular weight excluding hydrogens is 372 g/mol. The Bertz CT molecular complexity index is 751. The number of carboxylic acids is 1. The standard InChI is InChI=1S/C18H23ClN4O4/c1-2-22(10-16(24)25)13-8-12(9-13)21-17(26)11-3-4-14(19)15(7-11)23-6-5-20-18(23)27/h3-4,7,12-13H,2,5-6,8-10H2,1H3,(H,20,27)(H,21,26)(H,24,25). The van der Waals surface area contributed by atoms with Gasteiger partial charge in [-0.25, -0.2) is 4.79 Å². The molecule has 146 valence electrons. The highest BCUT2D eigenvalue weighted by atomic mass is 35.5. The Hall–Kier alpha value is -2.32. The lowest BCUT2D eigenvalue weighted by Crippen LogP contribution is -2.54. The van der Waals surface area contributed by atoms with Crippen LogP contribution in [-0.2, 0) is 4.79 Å². The number of aliphatic carboxylic acids is 1. The summed E-state index contributed by atoms with van der Waals surface area (Å²) in [5.41, 5.74) is 0.958. The summed E-state index contributed by atoms with van der Waals surface area (Å²) in [6.07, 6.45) is 1.45. The molecule has 9 heteroatoms. The summed E-state index contributed by atoms with van der Waals surface area (Å²) < 4.78 is 0. The third-order valence-electron chi connectivity index (χ3n) is 5.07. The van der Waals surface area contributed by atoms with Crippen molar-refractivity contribution < 1.29 is 19.5 Å². The molecular formula is C18H23ClN4O4. The normalized spacial score (nSPS) is 21.7. The molecule has 1 saturated heterocycles. The minimum Gasteiger partial charge on any atom is -0.480 e. The van der Waals surface area contributed by atoms with Crippen molar-refractivity contribution in [3.63, 3.8) is 0 Å². The fraction of sp³-hybridized carbons (Fsp3) is 0.500. The average Bonchev–Trinajstić information content (AvgIpc) is 3.01. The first-order chi connectivity index (χ1) is 12.9. The number of anilines is 1. The molecule has 3 amide bonds. The van der Waals surface area contributed by atoms with Gasteiger partial charge in [-0.1, -0.05) is 18.5 Å². The highest BCUT2D eigenvalue weighted by Crippen LogP contribution is 2.29. The van der Waals surface area contributed by atoms with Crippen LogP contribution in [0.15, 0.2) is 18.2 Å². The zero-order valence-corrected chi connectivity index (χ0v) is 15.8. The number of halogens is 1. The monoisotopic (exact) mass is 394 g/mol. The number of nitrogens with zero attached hydrogens (tertiary/aromatic N) is 2. The molecule has 0 radical (unpaired) electrons. The number of hydrogen-bond donors (Lipinski definition) is 3. The molecule has 1 heterocycles. The molecule has 3 N–H and O–H groups in total. The van der Waals surface area contributed by atoms with E-state index in [1.54, 1.807) is 18.2 Å². The Morgan fingerprint density at radius 2 is 2.15 bits per heavy atom. The van der Waals surface area contributed by atoms with Crippen LogP contribution in [0.2, 0.25) is 5.02 Å². The van der Waals surface area contributed by atoms with Crippen LogP contribution in [-0.4, -0.2) is 66.2 Å². The van der Waals surface area contributed by atoms with Crippen LogP contribution in [0.3, 0.4) is 0 Å². The smallest absolute Gasteiger partial charge is 0.322 e. The summed E-state index contributed by atoms with van der Waals surface area (Å²) in [4.78, 5) is 38.7. The van der Waals surface area contributed by atoms with Gasteiger partial charge in [0.25, 0.3) is 5.91 Å². The van der Waals surface area contributed by atoms with E-state index < -0.39 is 5.97 Å². The fourth-order valence-electron chi connectivity index (χ4n) is 3.51. The van der Waals surface area contributed by atoms with E-state index in [9.17, 15) is 14.4 Å². The number of carboxylic acid groups (broad SMARTS) is 1. The van der Waals surface area contributed by atoms with Gasteiger partial charge in [0.15, 0.2) is 0 Å². The number of likely N-dealkylation sites (N-methyl/N-ethyl adjacent to an activating group) is 1. The maximum absolute atomic E-state index is 12.6. The van der Waals surface area contributed by atoms with E-state index >= 15 is 0 Å². The van der Waals surface area contributed by atoms with Gasteiger partial charge in [-0.3, -0.25) is 19.4 Å².